The second-order valence-electron chi connectivity index (χ2n) is 2.98. The summed E-state index contributed by atoms with van der Waals surface area (Å²) >= 11 is 0. The van der Waals surface area contributed by atoms with Crippen LogP contribution in [0.2, 0.25) is 0 Å². The van der Waals surface area contributed by atoms with Gasteiger partial charge in [0, 0.05) is 13.1 Å². The van der Waals surface area contributed by atoms with Gasteiger partial charge in [0.2, 0.25) is 0 Å². The van der Waals surface area contributed by atoms with Crippen LogP contribution in [0.25, 0.3) is 0 Å². The van der Waals surface area contributed by atoms with E-state index in [1.807, 2.05) is 0 Å². The first-order valence-corrected chi connectivity index (χ1v) is 3.84. The fourth-order valence-electron chi connectivity index (χ4n) is 1.25. The molecule has 64 valence electrons. The van der Waals surface area contributed by atoms with Gasteiger partial charge in [-0.3, -0.25) is 9.36 Å². The second kappa shape index (κ2) is 2.30. The molecule has 0 spiro atoms. The molecule has 1 aliphatic carbocycles. The maximum absolute atomic E-state index is 11.3. The summed E-state index contributed by atoms with van der Waals surface area (Å²) in [6, 6.07) is 0.214. The molecule has 2 rings (SSSR count). The van der Waals surface area contributed by atoms with Crippen LogP contribution in [-0.2, 0) is 7.05 Å². The average Bonchev–Trinajstić information content (AvgIpc) is 2.82. The first-order chi connectivity index (χ1) is 5.74. The Morgan fingerprint density at radius 3 is 2.75 bits per heavy atom. The lowest BCUT2D eigenvalue weighted by Crippen LogP contribution is -2.22. The third-order valence-electron chi connectivity index (χ3n) is 2.00. The zero-order valence-electron chi connectivity index (χ0n) is 6.73. The van der Waals surface area contributed by atoms with Gasteiger partial charge in [0.1, 0.15) is 0 Å². The predicted molar refractivity (Wildman–Crippen MR) is 41.1 cm³/mol. The lowest BCUT2D eigenvalue weighted by Gasteiger charge is -1.94. The average molecular weight is 167 g/mol. The van der Waals surface area contributed by atoms with Crippen molar-refractivity contribution in [1.29, 1.82) is 0 Å². The number of carbonyl (C=O) groups is 1. The second-order valence-corrected chi connectivity index (χ2v) is 2.98. The Balaban J connectivity index is 2.61. The summed E-state index contributed by atoms with van der Waals surface area (Å²) in [7, 11) is 1.55. The first kappa shape index (κ1) is 7.27. The highest BCUT2D eigenvalue weighted by molar-refractivity contribution is 5.68. The summed E-state index contributed by atoms with van der Waals surface area (Å²) in [4.78, 5) is 21.8. The number of rotatable bonds is 2. The van der Waals surface area contributed by atoms with Crippen LogP contribution >= 0.6 is 0 Å². The van der Waals surface area contributed by atoms with Gasteiger partial charge in [0.25, 0.3) is 0 Å². The Bertz CT molecular complexity index is 372. The molecule has 1 aromatic rings. The largest absolute Gasteiger partial charge is 0.346 e. The molecule has 0 N–H and O–H groups in total. The monoisotopic (exact) mass is 167 g/mol. The van der Waals surface area contributed by atoms with Crippen LogP contribution in [-0.4, -0.2) is 20.6 Å². The van der Waals surface area contributed by atoms with Crippen molar-refractivity contribution in [1.82, 2.24) is 14.3 Å². The maximum atomic E-state index is 11.3. The van der Waals surface area contributed by atoms with E-state index < -0.39 is 0 Å². The highest BCUT2D eigenvalue weighted by Crippen LogP contribution is 2.33. The summed E-state index contributed by atoms with van der Waals surface area (Å²) in [5.41, 5.74) is -0.195. The fourth-order valence-corrected chi connectivity index (χ4v) is 1.25. The van der Waals surface area contributed by atoms with Crippen molar-refractivity contribution >= 4 is 6.29 Å². The molecule has 0 saturated heterocycles. The number of nitrogens with zero attached hydrogens (tertiary/aromatic N) is 3. The van der Waals surface area contributed by atoms with E-state index in [0.29, 0.717) is 6.29 Å². The number of aldehydes is 1. The molecule has 1 aliphatic rings. The van der Waals surface area contributed by atoms with Gasteiger partial charge < -0.3 is 0 Å². The number of hydrogen-bond donors (Lipinski definition) is 0. The number of aromatic nitrogens is 3. The first-order valence-electron chi connectivity index (χ1n) is 3.84. The minimum atomic E-state index is -0.195. The van der Waals surface area contributed by atoms with Crippen LogP contribution in [0, 0.1) is 0 Å². The molecule has 1 heterocycles. The molecule has 1 fully saturated rings. The van der Waals surface area contributed by atoms with Gasteiger partial charge in [0.05, 0.1) is 0 Å². The summed E-state index contributed by atoms with van der Waals surface area (Å²) < 4.78 is 2.66. The molecule has 0 atom stereocenters. The van der Waals surface area contributed by atoms with Crippen molar-refractivity contribution in [2.45, 2.75) is 18.9 Å². The zero-order valence-corrected chi connectivity index (χ0v) is 6.73. The van der Waals surface area contributed by atoms with Crippen molar-refractivity contribution in [2.24, 2.45) is 7.05 Å². The van der Waals surface area contributed by atoms with Gasteiger partial charge in [-0.2, -0.15) is 0 Å². The predicted octanol–water partition coefficient (Wildman–Crippen LogP) is -0.271. The highest BCUT2D eigenvalue weighted by atomic mass is 16.2. The van der Waals surface area contributed by atoms with E-state index in [1.165, 1.54) is 9.25 Å². The van der Waals surface area contributed by atoms with Crippen LogP contribution in [0.3, 0.4) is 0 Å². The van der Waals surface area contributed by atoms with E-state index in [1.54, 1.807) is 7.05 Å². The highest BCUT2D eigenvalue weighted by Gasteiger charge is 2.28. The molecule has 5 nitrogen and oxygen atoms in total. The Kier molecular flexibility index (Phi) is 1.39. The molecule has 0 aliphatic heterocycles. The third kappa shape index (κ3) is 0.895. The van der Waals surface area contributed by atoms with E-state index in [-0.39, 0.29) is 17.6 Å². The molecular formula is C7H9N3O2. The van der Waals surface area contributed by atoms with Crippen molar-refractivity contribution in [3.8, 4) is 0 Å². The van der Waals surface area contributed by atoms with Gasteiger partial charge in [0.15, 0.2) is 12.1 Å². The van der Waals surface area contributed by atoms with Crippen LogP contribution in [0.15, 0.2) is 4.79 Å². The molecule has 0 aromatic carbocycles. The topological polar surface area (TPSA) is 56.9 Å². The molecule has 0 radical (unpaired) electrons. The van der Waals surface area contributed by atoms with Gasteiger partial charge in [-0.05, 0) is 12.8 Å². The SMILES string of the molecule is Cn1nc(C=O)n(C2CC2)c1=O. The minimum Gasteiger partial charge on any atom is -0.294 e. The van der Waals surface area contributed by atoms with Gasteiger partial charge >= 0.3 is 5.69 Å². The smallest absolute Gasteiger partial charge is 0.294 e. The van der Waals surface area contributed by atoms with E-state index in [0.717, 1.165) is 12.8 Å². The maximum Gasteiger partial charge on any atom is 0.346 e. The van der Waals surface area contributed by atoms with E-state index in [4.69, 9.17) is 0 Å². The van der Waals surface area contributed by atoms with E-state index in [9.17, 15) is 9.59 Å². The van der Waals surface area contributed by atoms with Crippen molar-refractivity contribution in [2.75, 3.05) is 0 Å². The van der Waals surface area contributed by atoms with Crippen molar-refractivity contribution in [3.05, 3.63) is 16.3 Å². The lowest BCUT2D eigenvalue weighted by molar-refractivity contribution is 0.111. The van der Waals surface area contributed by atoms with Crippen molar-refractivity contribution in [3.63, 3.8) is 0 Å². The molecule has 0 unspecified atom stereocenters. The molecule has 5 heteroatoms. The van der Waals surface area contributed by atoms with Crippen LogP contribution in [0.5, 0.6) is 0 Å². The summed E-state index contributed by atoms with van der Waals surface area (Å²) in [5, 5.41) is 3.79. The quantitative estimate of drug-likeness (QED) is 0.570. The third-order valence-corrected chi connectivity index (χ3v) is 2.00. The minimum absolute atomic E-state index is 0.195. The number of aryl methyl sites for hydroxylation is 1. The van der Waals surface area contributed by atoms with Crippen LogP contribution < -0.4 is 5.69 Å². The molecule has 12 heavy (non-hydrogen) atoms. The Labute approximate surface area is 68.6 Å². The summed E-state index contributed by atoms with van der Waals surface area (Å²) in [6.45, 7) is 0. The Hall–Kier alpha value is -1.39. The zero-order chi connectivity index (χ0) is 8.72. The molecule has 0 bridgehead atoms. The normalized spacial score (nSPS) is 16.4. The summed E-state index contributed by atoms with van der Waals surface area (Å²) in [6.07, 6.45) is 2.58. The van der Waals surface area contributed by atoms with Gasteiger partial charge in [-0.25, -0.2) is 9.48 Å². The number of carbonyl (C=O) groups excluding carboxylic acids is 1. The molecule has 0 amide bonds. The van der Waals surface area contributed by atoms with E-state index in [2.05, 4.69) is 5.10 Å². The van der Waals surface area contributed by atoms with Crippen molar-refractivity contribution < 1.29 is 4.79 Å². The fraction of sp³-hybridized carbons (Fsp3) is 0.571. The van der Waals surface area contributed by atoms with Crippen LogP contribution in [0.1, 0.15) is 29.5 Å². The molecular weight excluding hydrogens is 158 g/mol. The van der Waals surface area contributed by atoms with Crippen LogP contribution in [0.4, 0.5) is 0 Å². The van der Waals surface area contributed by atoms with Gasteiger partial charge in [-0.15, -0.1) is 5.10 Å². The lowest BCUT2D eigenvalue weighted by atomic mass is 10.6. The van der Waals surface area contributed by atoms with Gasteiger partial charge in [-0.1, -0.05) is 0 Å². The summed E-state index contributed by atoms with van der Waals surface area (Å²) in [5.74, 6) is 0.241. The Morgan fingerprint density at radius 1 is 1.58 bits per heavy atom. The Morgan fingerprint density at radius 2 is 2.25 bits per heavy atom. The number of hydrogen-bond acceptors (Lipinski definition) is 3. The molecule has 1 saturated carbocycles. The standard InChI is InChI=1S/C7H9N3O2/c1-9-7(12)10(5-2-3-5)6(4-11)8-9/h4-5H,2-3H2,1H3. The van der Waals surface area contributed by atoms with E-state index >= 15 is 0 Å². The molecule has 1 aromatic heterocycles.